The molecule has 0 saturated heterocycles. The van der Waals surface area contributed by atoms with Crippen LogP contribution < -0.4 is 0 Å². The van der Waals surface area contributed by atoms with Crippen LogP contribution in [0.15, 0.2) is 24.3 Å². The maximum atomic E-state index is 5.85. The molecule has 0 bridgehead atoms. The first-order chi connectivity index (χ1) is 8.29. The zero-order chi connectivity index (χ0) is 12.1. The Morgan fingerprint density at radius 2 is 1.76 bits per heavy atom. The summed E-state index contributed by atoms with van der Waals surface area (Å²) in [6.45, 7) is 2.21. The van der Waals surface area contributed by atoms with Gasteiger partial charge in [0.05, 0.1) is 0 Å². The maximum Gasteiger partial charge on any atom is 0.0252 e. The molecule has 0 spiro atoms. The molecule has 0 heterocycles. The van der Waals surface area contributed by atoms with Crippen molar-refractivity contribution in [1.29, 1.82) is 0 Å². The number of alkyl halides is 1. The number of hydrogen-bond acceptors (Lipinski definition) is 0. The molecular formula is C16H23Cl. The topological polar surface area (TPSA) is 0 Å². The van der Waals surface area contributed by atoms with E-state index in [2.05, 4.69) is 31.2 Å². The monoisotopic (exact) mass is 250 g/mol. The van der Waals surface area contributed by atoms with Crippen molar-refractivity contribution < 1.29 is 0 Å². The normalized spacial score (nSPS) is 19.2. The lowest BCUT2D eigenvalue weighted by atomic mass is 9.83. The second-order valence-electron chi connectivity index (χ2n) is 5.54. The molecule has 94 valence electrons. The first-order valence-corrected chi connectivity index (χ1v) is 7.48. The smallest absolute Gasteiger partial charge is 0.0252 e. The Kier molecular flexibility index (Phi) is 4.91. The summed E-state index contributed by atoms with van der Waals surface area (Å²) < 4.78 is 0. The fourth-order valence-electron chi connectivity index (χ4n) is 2.82. The molecule has 1 aliphatic carbocycles. The summed E-state index contributed by atoms with van der Waals surface area (Å²) in [5.41, 5.74) is 2.98. The standard InChI is InChI=1S/C16H23Cl/c1-13(12-17)11-14-7-9-16(10-8-14)15-5-3-2-4-6-15/h7-10,13,15H,2-6,11-12H2,1H3. The van der Waals surface area contributed by atoms with Crippen molar-refractivity contribution in [3.05, 3.63) is 35.4 Å². The highest BCUT2D eigenvalue weighted by Crippen LogP contribution is 2.32. The number of benzene rings is 1. The van der Waals surface area contributed by atoms with Crippen LogP contribution in [0, 0.1) is 5.92 Å². The summed E-state index contributed by atoms with van der Waals surface area (Å²) in [7, 11) is 0. The van der Waals surface area contributed by atoms with Crippen molar-refractivity contribution in [2.45, 2.75) is 51.4 Å². The van der Waals surface area contributed by atoms with Crippen LogP contribution in [0.5, 0.6) is 0 Å². The van der Waals surface area contributed by atoms with Gasteiger partial charge in [0.1, 0.15) is 0 Å². The van der Waals surface area contributed by atoms with E-state index in [9.17, 15) is 0 Å². The van der Waals surface area contributed by atoms with E-state index in [4.69, 9.17) is 11.6 Å². The largest absolute Gasteiger partial charge is 0.126 e. The van der Waals surface area contributed by atoms with Gasteiger partial charge >= 0.3 is 0 Å². The van der Waals surface area contributed by atoms with Gasteiger partial charge in [-0.2, -0.15) is 0 Å². The van der Waals surface area contributed by atoms with Gasteiger partial charge in [-0.05, 0) is 42.2 Å². The van der Waals surface area contributed by atoms with Gasteiger partial charge in [-0.3, -0.25) is 0 Å². The highest BCUT2D eigenvalue weighted by Gasteiger charge is 2.15. The first kappa shape index (κ1) is 13.0. The lowest BCUT2D eigenvalue weighted by Gasteiger charge is -2.22. The molecule has 1 unspecified atom stereocenters. The second kappa shape index (κ2) is 6.44. The molecule has 1 aliphatic rings. The Hall–Kier alpha value is -0.490. The fraction of sp³-hybridized carbons (Fsp3) is 0.625. The van der Waals surface area contributed by atoms with Crippen LogP contribution in [-0.4, -0.2) is 5.88 Å². The number of hydrogen-bond donors (Lipinski definition) is 0. The van der Waals surface area contributed by atoms with E-state index < -0.39 is 0 Å². The van der Waals surface area contributed by atoms with Crippen molar-refractivity contribution >= 4 is 11.6 Å². The van der Waals surface area contributed by atoms with E-state index in [1.807, 2.05) is 0 Å². The molecule has 1 aromatic carbocycles. The van der Waals surface area contributed by atoms with E-state index >= 15 is 0 Å². The summed E-state index contributed by atoms with van der Waals surface area (Å²) in [6, 6.07) is 9.28. The van der Waals surface area contributed by atoms with Crippen molar-refractivity contribution in [2.75, 3.05) is 5.88 Å². The van der Waals surface area contributed by atoms with Crippen LogP contribution in [0.25, 0.3) is 0 Å². The van der Waals surface area contributed by atoms with E-state index in [0.717, 1.165) is 18.2 Å². The molecule has 1 aromatic rings. The van der Waals surface area contributed by atoms with Crippen molar-refractivity contribution in [3.63, 3.8) is 0 Å². The molecule has 0 aliphatic heterocycles. The lowest BCUT2D eigenvalue weighted by molar-refractivity contribution is 0.443. The zero-order valence-electron chi connectivity index (χ0n) is 10.8. The summed E-state index contributed by atoms with van der Waals surface area (Å²) in [4.78, 5) is 0. The Morgan fingerprint density at radius 1 is 1.12 bits per heavy atom. The maximum absolute atomic E-state index is 5.85. The average Bonchev–Trinajstić information content (AvgIpc) is 2.40. The SMILES string of the molecule is CC(CCl)Cc1ccc(C2CCCCC2)cc1. The Balaban J connectivity index is 1.97. The van der Waals surface area contributed by atoms with Crippen LogP contribution >= 0.6 is 11.6 Å². The molecule has 17 heavy (non-hydrogen) atoms. The quantitative estimate of drug-likeness (QED) is 0.648. The van der Waals surface area contributed by atoms with Gasteiger partial charge in [0, 0.05) is 5.88 Å². The third kappa shape index (κ3) is 3.74. The van der Waals surface area contributed by atoms with Gasteiger partial charge in [-0.15, -0.1) is 11.6 Å². The highest BCUT2D eigenvalue weighted by molar-refractivity contribution is 6.18. The minimum absolute atomic E-state index is 0.581. The second-order valence-corrected chi connectivity index (χ2v) is 5.85. The number of halogens is 1. The molecule has 1 heteroatoms. The van der Waals surface area contributed by atoms with Gasteiger partial charge in [0.25, 0.3) is 0 Å². The molecular weight excluding hydrogens is 228 g/mol. The molecule has 2 rings (SSSR count). The minimum atomic E-state index is 0.581. The van der Waals surface area contributed by atoms with Gasteiger partial charge in [-0.25, -0.2) is 0 Å². The third-order valence-electron chi connectivity index (χ3n) is 3.90. The zero-order valence-corrected chi connectivity index (χ0v) is 11.5. The Labute approximate surface area is 110 Å². The van der Waals surface area contributed by atoms with Crippen molar-refractivity contribution in [2.24, 2.45) is 5.92 Å². The van der Waals surface area contributed by atoms with Gasteiger partial charge in [-0.1, -0.05) is 50.5 Å². The van der Waals surface area contributed by atoms with Crippen LogP contribution in [0.4, 0.5) is 0 Å². The van der Waals surface area contributed by atoms with Gasteiger partial charge in [0.2, 0.25) is 0 Å². The first-order valence-electron chi connectivity index (χ1n) is 6.94. The summed E-state index contributed by atoms with van der Waals surface area (Å²) in [6.07, 6.45) is 8.14. The third-order valence-corrected chi connectivity index (χ3v) is 4.43. The summed E-state index contributed by atoms with van der Waals surface area (Å²) in [5.74, 6) is 2.16. The highest BCUT2D eigenvalue weighted by atomic mass is 35.5. The van der Waals surface area contributed by atoms with Crippen LogP contribution in [0.1, 0.15) is 56.1 Å². The Bertz CT molecular complexity index is 322. The van der Waals surface area contributed by atoms with Crippen molar-refractivity contribution in [3.8, 4) is 0 Å². The number of rotatable bonds is 4. The average molecular weight is 251 g/mol. The predicted octanol–water partition coefficient (Wildman–Crippen LogP) is 5.15. The van der Waals surface area contributed by atoms with Crippen molar-refractivity contribution in [1.82, 2.24) is 0 Å². The van der Waals surface area contributed by atoms with Gasteiger partial charge < -0.3 is 0 Å². The van der Waals surface area contributed by atoms with E-state index in [0.29, 0.717) is 5.92 Å². The van der Waals surface area contributed by atoms with E-state index in [1.165, 1.54) is 37.7 Å². The van der Waals surface area contributed by atoms with E-state index in [-0.39, 0.29) is 0 Å². The lowest BCUT2D eigenvalue weighted by Crippen LogP contribution is -2.05. The molecule has 1 atom stereocenters. The molecule has 0 radical (unpaired) electrons. The summed E-state index contributed by atoms with van der Waals surface area (Å²) in [5, 5.41) is 0. The van der Waals surface area contributed by atoms with Crippen LogP contribution in [-0.2, 0) is 6.42 Å². The predicted molar refractivity (Wildman–Crippen MR) is 75.9 cm³/mol. The molecule has 1 saturated carbocycles. The van der Waals surface area contributed by atoms with Crippen LogP contribution in [0.2, 0.25) is 0 Å². The molecule has 0 aromatic heterocycles. The minimum Gasteiger partial charge on any atom is -0.126 e. The molecule has 1 fully saturated rings. The molecule has 0 N–H and O–H groups in total. The molecule has 0 amide bonds. The molecule has 0 nitrogen and oxygen atoms in total. The van der Waals surface area contributed by atoms with E-state index in [1.54, 1.807) is 5.56 Å². The van der Waals surface area contributed by atoms with Gasteiger partial charge in [0.15, 0.2) is 0 Å². The Morgan fingerprint density at radius 3 is 2.35 bits per heavy atom. The fourth-order valence-corrected chi connectivity index (χ4v) is 2.93. The van der Waals surface area contributed by atoms with Crippen LogP contribution in [0.3, 0.4) is 0 Å². The summed E-state index contributed by atoms with van der Waals surface area (Å²) >= 11 is 5.85.